The highest BCUT2D eigenvalue weighted by atomic mass is 79.9. The third-order valence-corrected chi connectivity index (χ3v) is 17.7. The Kier molecular flexibility index (Phi) is 14.5. The van der Waals surface area contributed by atoms with Crippen molar-refractivity contribution >= 4 is 59.3 Å². The smallest absolute Gasteiger partial charge is 0.0253 e. The molecule has 4 aromatic rings. The molecule has 0 radical (unpaired) electrons. The highest BCUT2D eigenvalue weighted by Gasteiger charge is 2.33. The fourth-order valence-corrected chi connectivity index (χ4v) is 15.5. The number of hydrogen-bond donors (Lipinski definition) is 0. The Morgan fingerprint density at radius 2 is 0.830 bits per heavy atom. The predicted octanol–water partition coefficient (Wildman–Crippen LogP) is 14.5. The first-order valence-corrected chi connectivity index (χ1v) is 22.8. The van der Waals surface area contributed by atoms with Crippen molar-refractivity contribution in [2.45, 2.75) is 151 Å². The molecule has 0 N–H and O–H groups in total. The molecule has 0 aliphatic heterocycles. The van der Waals surface area contributed by atoms with Crippen molar-refractivity contribution in [3.63, 3.8) is 0 Å². The predicted molar refractivity (Wildman–Crippen MR) is 218 cm³/mol. The molecule has 0 heterocycles. The van der Waals surface area contributed by atoms with Crippen molar-refractivity contribution in [3.8, 4) is 0 Å². The Morgan fingerprint density at radius 3 is 1.34 bits per heavy atom. The Labute approximate surface area is 298 Å². The normalized spacial score (nSPS) is 20.4. The molecule has 0 saturated heterocycles. The number of rotatable bonds is 5. The fourth-order valence-electron chi connectivity index (χ4n) is 8.90. The van der Waals surface area contributed by atoms with Gasteiger partial charge in [0, 0.05) is 4.47 Å². The Balaban J connectivity index is 0.000000136. The van der Waals surface area contributed by atoms with E-state index in [0.717, 1.165) is 27.1 Å². The average Bonchev–Trinajstić information content (AvgIpc) is 3.14. The van der Waals surface area contributed by atoms with Gasteiger partial charge in [-0.3, -0.25) is 0 Å². The minimum atomic E-state index is 0.00811. The zero-order valence-corrected chi connectivity index (χ0v) is 32.3. The molecule has 4 fully saturated rings. The van der Waals surface area contributed by atoms with E-state index in [0.29, 0.717) is 0 Å². The SMILES string of the molecule is Brc1cccc2ccccc12.C1CCC(PC2CCCCC2)CC1.c1ccc2c(P(C3CCCCC3)C3CCCCC3)cccc2c1. The van der Waals surface area contributed by atoms with E-state index in [1.807, 2.05) is 12.1 Å². The molecule has 4 aliphatic carbocycles. The summed E-state index contributed by atoms with van der Waals surface area (Å²) in [6.07, 6.45) is 30.2. The topological polar surface area (TPSA) is 0 Å². The van der Waals surface area contributed by atoms with Crippen LogP contribution in [0.2, 0.25) is 0 Å². The van der Waals surface area contributed by atoms with Gasteiger partial charge in [0.2, 0.25) is 0 Å². The van der Waals surface area contributed by atoms with Crippen LogP contribution < -0.4 is 5.30 Å². The molecule has 8 rings (SSSR count). The van der Waals surface area contributed by atoms with Gasteiger partial charge in [-0.1, -0.05) is 180 Å². The summed E-state index contributed by atoms with van der Waals surface area (Å²) in [6.45, 7) is 0. The van der Waals surface area contributed by atoms with E-state index in [1.54, 1.807) is 36.4 Å². The highest BCUT2D eigenvalue weighted by molar-refractivity contribution is 9.10. The van der Waals surface area contributed by atoms with Crippen LogP contribution >= 0.6 is 32.4 Å². The molecule has 0 atom stereocenters. The summed E-state index contributed by atoms with van der Waals surface area (Å²) in [5.74, 6) is 0. The lowest BCUT2D eigenvalue weighted by atomic mass is 9.99. The molecule has 0 spiro atoms. The van der Waals surface area contributed by atoms with Gasteiger partial charge in [-0.05, 0) is 107 Å². The number of hydrogen-bond acceptors (Lipinski definition) is 0. The Hall–Kier alpha value is -1.26. The van der Waals surface area contributed by atoms with Gasteiger partial charge >= 0.3 is 0 Å². The highest BCUT2D eigenvalue weighted by Crippen LogP contribution is 2.55. The lowest BCUT2D eigenvalue weighted by Gasteiger charge is -2.39. The molecule has 4 aliphatic rings. The maximum atomic E-state index is 3.50. The summed E-state index contributed by atoms with van der Waals surface area (Å²) in [4.78, 5) is 0. The van der Waals surface area contributed by atoms with Gasteiger partial charge in [-0.2, -0.15) is 0 Å². The van der Waals surface area contributed by atoms with E-state index in [2.05, 4.69) is 88.7 Å². The first kappa shape index (κ1) is 35.6. The first-order chi connectivity index (χ1) is 23.3. The largest absolute Gasteiger partial charge is 0.116 e. The van der Waals surface area contributed by atoms with E-state index in [-0.39, 0.29) is 7.92 Å². The van der Waals surface area contributed by atoms with Crippen molar-refractivity contribution in [3.05, 3.63) is 89.4 Å². The van der Waals surface area contributed by atoms with Gasteiger partial charge in [0.1, 0.15) is 0 Å². The van der Waals surface area contributed by atoms with Crippen molar-refractivity contribution in [2.24, 2.45) is 0 Å². The third kappa shape index (κ3) is 10.4. The molecular formula is C44H59BrP2. The molecule has 0 bridgehead atoms. The summed E-state index contributed by atoms with van der Waals surface area (Å²) in [5, 5.41) is 7.29. The van der Waals surface area contributed by atoms with E-state index in [9.17, 15) is 0 Å². The van der Waals surface area contributed by atoms with Crippen LogP contribution in [0.4, 0.5) is 0 Å². The second kappa shape index (κ2) is 19.2. The van der Waals surface area contributed by atoms with Gasteiger partial charge in [-0.15, -0.1) is 8.58 Å². The molecule has 4 saturated carbocycles. The summed E-state index contributed by atoms with van der Waals surface area (Å²) >= 11 is 3.50. The second-order valence-electron chi connectivity index (χ2n) is 14.8. The van der Waals surface area contributed by atoms with Gasteiger partial charge in [-0.25, -0.2) is 0 Å². The molecule has 0 nitrogen and oxygen atoms in total. The number of fused-ring (bicyclic) bond motifs is 2. The monoisotopic (exact) mass is 728 g/mol. The van der Waals surface area contributed by atoms with E-state index >= 15 is 0 Å². The minimum absolute atomic E-state index is 0.00811. The second-order valence-corrected chi connectivity index (χ2v) is 20.4. The van der Waals surface area contributed by atoms with Crippen molar-refractivity contribution in [1.29, 1.82) is 0 Å². The van der Waals surface area contributed by atoms with Gasteiger partial charge in [0.25, 0.3) is 0 Å². The van der Waals surface area contributed by atoms with Crippen molar-refractivity contribution in [2.75, 3.05) is 0 Å². The van der Waals surface area contributed by atoms with Crippen LogP contribution in [0.1, 0.15) is 128 Å². The van der Waals surface area contributed by atoms with Crippen molar-refractivity contribution in [1.82, 2.24) is 0 Å². The zero-order valence-electron chi connectivity index (χ0n) is 28.9. The minimum Gasteiger partial charge on any atom is -0.116 e. The van der Waals surface area contributed by atoms with Gasteiger partial charge in [0.05, 0.1) is 0 Å². The van der Waals surface area contributed by atoms with Crippen LogP contribution in [0.15, 0.2) is 89.4 Å². The zero-order chi connectivity index (χ0) is 32.1. The van der Waals surface area contributed by atoms with E-state index < -0.39 is 0 Å². The molecule has 0 unspecified atom stereocenters. The lowest BCUT2D eigenvalue weighted by Crippen LogP contribution is -2.26. The van der Waals surface area contributed by atoms with Crippen LogP contribution in [-0.2, 0) is 0 Å². The standard InChI is InChI=1S/C22H29P.C12H23P.C10H7Br/c1-3-12-19(13-4-1)23(20-14-5-2-6-15-20)22-17-9-11-18-10-7-8-16-21(18)22;1-3-7-11(8-4-1)13-12-9-5-2-6-10-12;11-10-7-3-5-8-4-1-2-6-9(8)10/h7-11,16-17,19-20H,1-6,12-15H2;11-13H,1-10H2;1-7H. The van der Waals surface area contributed by atoms with Gasteiger partial charge in [0.15, 0.2) is 0 Å². The van der Waals surface area contributed by atoms with Crippen LogP contribution in [0.25, 0.3) is 21.5 Å². The lowest BCUT2D eigenvalue weighted by molar-refractivity contribution is 0.487. The Morgan fingerprint density at radius 1 is 0.426 bits per heavy atom. The summed E-state index contributed by atoms with van der Waals surface area (Å²) in [7, 11) is 1.34. The van der Waals surface area contributed by atoms with E-state index in [1.165, 1.54) is 127 Å². The maximum absolute atomic E-state index is 3.50. The molecular weight excluding hydrogens is 670 g/mol. The quantitative estimate of drug-likeness (QED) is 0.179. The molecule has 0 amide bonds. The van der Waals surface area contributed by atoms with Crippen LogP contribution in [0.5, 0.6) is 0 Å². The fraction of sp³-hybridized carbons (Fsp3) is 0.545. The van der Waals surface area contributed by atoms with E-state index in [4.69, 9.17) is 0 Å². The van der Waals surface area contributed by atoms with Crippen LogP contribution in [0, 0.1) is 0 Å². The maximum Gasteiger partial charge on any atom is 0.0253 e. The molecule has 47 heavy (non-hydrogen) atoms. The van der Waals surface area contributed by atoms with Crippen molar-refractivity contribution < 1.29 is 0 Å². The molecule has 252 valence electrons. The summed E-state index contributed by atoms with van der Waals surface area (Å²) < 4.78 is 1.16. The summed E-state index contributed by atoms with van der Waals surface area (Å²) in [6, 6.07) is 30.7. The molecule has 3 heteroatoms. The average molecular weight is 730 g/mol. The first-order valence-electron chi connectivity index (χ1n) is 19.4. The van der Waals surface area contributed by atoms with Gasteiger partial charge < -0.3 is 0 Å². The third-order valence-electron chi connectivity index (χ3n) is 11.4. The summed E-state index contributed by atoms with van der Waals surface area (Å²) in [5.41, 5.74) is 4.29. The molecule has 0 aromatic heterocycles. The molecule has 4 aromatic carbocycles. The Bertz CT molecular complexity index is 1430. The number of halogens is 1. The number of benzene rings is 4. The van der Waals surface area contributed by atoms with Crippen LogP contribution in [-0.4, -0.2) is 22.6 Å². The van der Waals surface area contributed by atoms with Crippen LogP contribution in [0.3, 0.4) is 0 Å².